The van der Waals surface area contributed by atoms with Crippen molar-refractivity contribution in [1.29, 1.82) is 0 Å². The van der Waals surface area contributed by atoms with Crippen molar-refractivity contribution in [3.05, 3.63) is 42.0 Å². The quantitative estimate of drug-likeness (QED) is 0.226. The van der Waals surface area contributed by atoms with Crippen molar-refractivity contribution in [3.8, 4) is 11.3 Å². The lowest BCUT2D eigenvalue weighted by molar-refractivity contribution is -0.179. The van der Waals surface area contributed by atoms with Crippen LogP contribution >= 0.6 is 0 Å². The molecule has 1 atom stereocenters. The molecule has 0 aliphatic rings. The number of fused-ring (bicyclic) bond motifs is 1. The lowest BCUT2D eigenvalue weighted by atomic mass is 9.84. The Hall–Kier alpha value is -4.03. The van der Waals surface area contributed by atoms with E-state index < -0.39 is 41.5 Å². The summed E-state index contributed by atoms with van der Waals surface area (Å²) >= 11 is 0. The number of hydrogen-bond acceptors (Lipinski definition) is 9. The predicted molar refractivity (Wildman–Crippen MR) is 128 cm³/mol. The molecule has 13 heteroatoms. The summed E-state index contributed by atoms with van der Waals surface area (Å²) in [6, 6.07) is 3.44. The maximum absolute atomic E-state index is 14.3. The molecule has 0 N–H and O–H groups in total. The van der Waals surface area contributed by atoms with Crippen LogP contribution in [0.2, 0.25) is 0 Å². The predicted octanol–water partition coefficient (Wildman–Crippen LogP) is 4.10. The number of alkyl halides is 3. The van der Waals surface area contributed by atoms with Gasteiger partial charge in [0.2, 0.25) is 0 Å². The monoisotopic (exact) mass is 536 g/mol. The normalized spacial score (nSPS) is 12.6. The number of carbonyl (C=O) groups excluding carboxylic acids is 3. The molecule has 0 saturated carbocycles. The van der Waals surface area contributed by atoms with Crippen LogP contribution in [0.5, 0.6) is 0 Å². The molecule has 0 aliphatic heterocycles. The molecule has 3 rings (SSSR count). The Labute approximate surface area is 216 Å². The van der Waals surface area contributed by atoms with Crippen LogP contribution in [0.3, 0.4) is 0 Å². The maximum Gasteiger partial charge on any atom is 0.406 e. The van der Waals surface area contributed by atoms with Gasteiger partial charge in [-0.15, -0.1) is 0 Å². The first-order valence-electron chi connectivity index (χ1n) is 11.8. The van der Waals surface area contributed by atoms with Crippen LogP contribution in [0, 0.1) is 0 Å². The standard InChI is InChI=1S/C25H27F3N4O6/c1-6-37-22(33)17(23(34)38-7-2)14-9-8-10-15(18(24(35)36-5)25(26,27)28)16(14)19-20-21(30-11-29-19)32(12-31-20)13(3)4/h8-13,17-18H,6-7H2,1-5H3/t18-/m1/s1. The number of hydrogen-bond donors (Lipinski definition) is 0. The third kappa shape index (κ3) is 5.46. The van der Waals surface area contributed by atoms with Gasteiger partial charge in [-0.25, -0.2) is 15.0 Å². The Morgan fingerprint density at radius 2 is 1.55 bits per heavy atom. The number of methoxy groups -OCH3 is 1. The number of carbonyl (C=O) groups is 3. The van der Waals surface area contributed by atoms with Crippen molar-refractivity contribution in [2.24, 2.45) is 0 Å². The average Bonchev–Trinajstić information content (AvgIpc) is 3.29. The van der Waals surface area contributed by atoms with Crippen molar-refractivity contribution >= 4 is 29.1 Å². The van der Waals surface area contributed by atoms with Crippen LogP contribution in [0.4, 0.5) is 13.2 Å². The highest BCUT2D eigenvalue weighted by Crippen LogP contribution is 2.44. The van der Waals surface area contributed by atoms with Gasteiger partial charge in [0.15, 0.2) is 17.5 Å². The van der Waals surface area contributed by atoms with Crippen LogP contribution in [-0.4, -0.2) is 63.9 Å². The molecule has 10 nitrogen and oxygen atoms in total. The Bertz CT molecular complexity index is 1320. The molecule has 2 heterocycles. The minimum Gasteiger partial charge on any atom is -0.468 e. The highest BCUT2D eigenvalue weighted by atomic mass is 19.4. The number of nitrogens with zero attached hydrogens (tertiary/aromatic N) is 4. The molecular formula is C25H27F3N4O6. The zero-order valence-electron chi connectivity index (χ0n) is 21.4. The smallest absolute Gasteiger partial charge is 0.406 e. The Morgan fingerprint density at radius 3 is 2.08 bits per heavy atom. The second-order valence-electron chi connectivity index (χ2n) is 8.39. The molecule has 1 aromatic carbocycles. The van der Waals surface area contributed by atoms with Gasteiger partial charge in [-0.05, 0) is 38.8 Å². The lowest BCUT2D eigenvalue weighted by Gasteiger charge is -2.25. The van der Waals surface area contributed by atoms with Gasteiger partial charge in [0, 0.05) is 11.6 Å². The first-order valence-corrected chi connectivity index (χ1v) is 11.8. The molecule has 0 amide bonds. The summed E-state index contributed by atoms with van der Waals surface area (Å²) in [6.07, 6.45) is -2.51. The second kappa shape index (κ2) is 11.6. The van der Waals surface area contributed by atoms with Crippen LogP contribution < -0.4 is 0 Å². The molecule has 38 heavy (non-hydrogen) atoms. The SMILES string of the molecule is CCOC(=O)C(C(=O)OCC)c1cccc([C@H](C(=O)OC)C(F)(F)F)c1-c1ncnc2c1ncn2C(C)C. The fourth-order valence-corrected chi connectivity index (χ4v) is 4.11. The van der Waals surface area contributed by atoms with Crippen molar-refractivity contribution in [3.63, 3.8) is 0 Å². The van der Waals surface area contributed by atoms with Gasteiger partial charge in [0.05, 0.1) is 26.7 Å². The second-order valence-corrected chi connectivity index (χ2v) is 8.39. The Kier molecular flexibility index (Phi) is 8.69. The van der Waals surface area contributed by atoms with E-state index in [1.54, 1.807) is 4.57 Å². The van der Waals surface area contributed by atoms with Crippen LogP contribution in [0.1, 0.15) is 56.7 Å². The minimum absolute atomic E-state index is 0.104. The number of rotatable bonds is 9. The van der Waals surface area contributed by atoms with E-state index in [-0.39, 0.29) is 41.6 Å². The minimum atomic E-state index is -5.09. The molecule has 0 fully saturated rings. The van der Waals surface area contributed by atoms with E-state index in [9.17, 15) is 27.6 Å². The molecule has 0 unspecified atom stereocenters. The molecule has 0 aliphatic carbocycles. The van der Waals surface area contributed by atoms with Crippen molar-refractivity contribution < 1.29 is 41.8 Å². The van der Waals surface area contributed by atoms with Crippen molar-refractivity contribution in [2.75, 3.05) is 20.3 Å². The molecule has 3 aromatic rings. The van der Waals surface area contributed by atoms with Gasteiger partial charge >= 0.3 is 24.1 Å². The Balaban J connectivity index is 2.49. The first kappa shape index (κ1) is 28.5. The largest absolute Gasteiger partial charge is 0.468 e. The lowest BCUT2D eigenvalue weighted by Crippen LogP contribution is -2.31. The molecule has 2 aromatic heterocycles. The van der Waals surface area contributed by atoms with E-state index in [2.05, 4.69) is 19.7 Å². The number of aromatic nitrogens is 4. The zero-order valence-corrected chi connectivity index (χ0v) is 21.4. The van der Waals surface area contributed by atoms with E-state index in [0.29, 0.717) is 5.65 Å². The van der Waals surface area contributed by atoms with Gasteiger partial charge in [-0.3, -0.25) is 14.4 Å². The van der Waals surface area contributed by atoms with E-state index in [0.717, 1.165) is 19.5 Å². The number of ether oxygens (including phenoxy) is 3. The summed E-state index contributed by atoms with van der Waals surface area (Å²) in [4.78, 5) is 51.2. The summed E-state index contributed by atoms with van der Waals surface area (Å²) < 4.78 is 59.3. The van der Waals surface area contributed by atoms with Gasteiger partial charge < -0.3 is 18.8 Å². The van der Waals surface area contributed by atoms with E-state index in [1.807, 2.05) is 13.8 Å². The topological polar surface area (TPSA) is 123 Å². The van der Waals surface area contributed by atoms with Crippen LogP contribution in [0.15, 0.2) is 30.9 Å². The van der Waals surface area contributed by atoms with E-state index in [1.165, 1.54) is 32.3 Å². The zero-order chi connectivity index (χ0) is 28.2. The summed E-state index contributed by atoms with van der Waals surface area (Å²) in [5.74, 6) is -8.19. The van der Waals surface area contributed by atoms with E-state index in [4.69, 9.17) is 9.47 Å². The van der Waals surface area contributed by atoms with Crippen molar-refractivity contribution in [1.82, 2.24) is 19.5 Å². The highest BCUT2D eigenvalue weighted by molar-refractivity contribution is 6.04. The van der Waals surface area contributed by atoms with Gasteiger partial charge in [0.1, 0.15) is 17.5 Å². The number of imidazole rings is 1. The number of esters is 3. The molecule has 0 spiro atoms. The molecule has 0 radical (unpaired) electrons. The molecule has 0 saturated heterocycles. The number of halogens is 3. The maximum atomic E-state index is 14.3. The summed E-state index contributed by atoms with van der Waals surface area (Å²) in [6.45, 7) is 6.54. The first-order chi connectivity index (χ1) is 18.0. The highest BCUT2D eigenvalue weighted by Gasteiger charge is 2.49. The summed E-state index contributed by atoms with van der Waals surface area (Å²) in [5.41, 5.74) is -0.788. The third-order valence-electron chi connectivity index (χ3n) is 5.71. The van der Waals surface area contributed by atoms with Crippen LogP contribution in [0.25, 0.3) is 22.4 Å². The van der Waals surface area contributed by atoms with Gasteiger partial charge in [-0.1, -0.05) is 18.2 Å². The summed E-state index contributed by atoms with van der Waals surface area (Å²) in [7, 11) is 0.831. The summed E-state index contributed by atoms with van der Waals surface area (Å²) in [5, 5.41) is 0. The Morgan fingerprint density at radius 1 is 0.947 bits per heavy atom. The van der Waals surface area contributed by atoms with Crippen molar-refractivity contribution in [2.45, 2.75) is 51.7 Å². The number of benzene rings is 1. The van der Waals surface area contributed by atoms with Gasteiger partial charge in [0.25, 0.3) is 0 Å². The van der Waals surface area contributed by atoms with E-state index >= 15 is 0 Å². The fraction of sp³-hybridized carbons (Fsp3) is 0.440. The molecular weight excluding hydrogens is 509 g/mol. The average molecular weight is 537 g/mol. The third-order valence-corrected chi connectivity index (χ3v) is 5.71. The fourth-order valence-electron chi connectivity index (χ4n) is 4.11. The van der Waals surface area contributed by atoms with Crippen LogP contribution in [-0.2, 0) is 28.6 Å². The van der Waals surface area contributed by atoms with Gasteiger partial charge in [-0.2, -0.15) is 13.2 Å². The molecule has 204 valence electrons. The molecule has 0 bridgehead atoms.